The molecule has 0 spiro atoms. The summed E-state index contributed by atoms with van der Waals surface area (Å²) in [7, 11) is 0. The smallest absolute Gasteiger partial charge is 0.248 e. The summed E-state index contributed by atoms with van der Waals surface area (Å²) in [6, 6.07) is 21.6. The number of rotatable bonds is 6. The number of benzene rings is 2. The van der Waals surface area contributed by atoms with Crippen molar-refractivity contribution in [2.24, 2.45) is 0 Å². The maximum Gasteiger partial charge on any atom is 0.248 e. The Morgan fingerprint density at radius 3 is 2.48 bits per heavy atom. The lowest BCUT2D eigenvalue weighted by Gasteiger charge is -2.09. The van der Waals surface area contributed by atoms with E-state index in [-0.39, 0.29) is 5.91 Å². The van der Waals surface area contributed by atoms with E-state index in [0.717, 1.165) is 21.9 Å². The second-order valence-corrected chi connectivity index (χ2v) is 6.39. The van der Waals surface area contributed by atoms with Gasteiger partial charge in [-0.1, -0.05) is 42.5 Å². The molecule has 4 heteroatoms. The lowest BCUT2D eigenvalue weighted by Crippen LogP contribution is -2.08. The van der Waals surface area contributed by atoms with Gasteiger partial charge in [-0.25, -0.2) is 0 Å². The average molecular weight is 346 g/mol. The third-order valence-corrected chi connectivity index (χ3v) is 4.66. The summed E-state index contributed by atoms with van der Waals surface area (Å²) in [6.45, 7) is 0. The van der Waals surface area contributed by atoms with E-state index in [1.807, 2.05) is 72.8 Å². The van der Waals surface area contributed by atoms with Crippen LogP contribution in [0.1, 0.15) is 11.1 Å². The van der Waals surface area contributed by atoms with Crippen molar-refractivity contribution < 1.29 is 4.79 Å². The Balaban J connectivity index is 1.64. The maximum atomic E-state index is 12.2. The molecule has 0 aliphatic carbocycles. The second kappa shape index (κ2) is 8.85. The number of pyridine rings is 1. The van der Waals surface area contributed by atoms with Crippen LogP contribution in [-0.4, -0.2) is 10.9 Å². The molecule has 2 aromatic carbocycles. The van der Waals surface area contributed by atoms with Crippen LogP contribution in [0, 0.1) is 0 Å². The predicted molar refractivity (Wildman–Crippen MR) is 104 cm³/mol. The quantitative estimate of drug-likeness (QED) is 0.503. The first-order valence-electron chi connectivity index (χ1n) is 7.96. The Labute approximate surface area is 151 Å². The van der Waals surface area contributed by atoms with Gasteiger partial charge in [0.05, 0.1) is 5.69 Å². The molecule has 0 aliphatic rings. The number of carbonyl (C=O) groups excluding carboxylic acids is 1. The molecule has 0 unspecified atom stereocenters. The van der Waals surface area contributed by atoms with Gasteiger partial charge in [0.2, 0.25) is 5.91 Å². The van der Waals surface area contributed by atoms with Crippen molar-refractivity contribution in [1.82, 2.24) is 4.98 Å². The first-order chi connectivity index (χ1) is 12.3. The van der Waals surface area contributed by atoms with Gasteiger partial charge in [0.25, 0.3) is 0 Å². The van der Waals surface area contributed by atoms with Crippen LogP contribution in [-0.2, 0) is 10.5 Å². The van der Waals surface area contributed by atoms with Crippen molar-refractivity contribution in [3.8, 4) is 0 Å². The van der Waals surface area contributed by atoms with E-state index in [9.17, 15) is 4.79 Å². The van der Waals surface area contributed by atoms with Gasteiger partial charge in [0, 0.05) is 29.1 Å². The Kier molecular flexibility index (Phi) is 6.01. The number of carbonyl (C=O) groups is 1. The van der Waals surface area contributed by atoms with Crippen LogP contribution < -0.4 is 5.32 Å². The Morgan fingerprint density at radius 2 is 1.68 bits per heavy atom. The summed E-state index contributed by atoms with van der Waals surface area (Å²) < 4.78 is 0. The number of nitrogens with zero attached hydrogens (tertiary/aromatic N) is 1. The van der Waals surface area contributed by atoms with Crippen LogP contribution in [0.4, 0.5) is 5.69 Å². The number of amides is 1. The Bertz CT molecular complexity index is 848. The fraction of sp³-hybridized carbons (Fsp3) is 0.0476. The summed E-state index contributed by atoms with van der Waals surface area (Å²) in [5.74, 6) is 0.690. The zero-order valence-corrected chi connectivity index (χ0v) is 14.4. The molecular weight excluding hydrogens is 328 g/mol. The van der Waals surface area contributed by atoms with E-state index in [0.29, 0.717) is 0 Å². The van der Waals surface area contributed by atoms with Crippen molar-refractivity contribution in [1.29, 1.82) is 0 Å². The Hall–Kier alpha value is -2.85. The second-order valence-electron chi connectivity index (χ2n) is 5.37. The lowest BCUT2D eigenvalue weighted by molar-refractivity contribution is -0.111. The zero-order valence-electron chi connectivity index (χ0n) is 13.6. The molecule has 0 atom stereocenters. The van der Waals surface area contributed by atoms with Crippen molar-refractivity contribution in [3.05, 3.63) is 96.3 Å². The van der Waals surface area contributed by atoms with Gasteiger partial charge in [-0.15, -0.1) is 11.8 Å². The maximum absolute atomic E-state index is 12.2. The minimum Gasteiger partial charge on any atom is -0.321 e. The molecule has 124 valence electrons. The molecule has 1 aromatic heterocycles. The molecule has 0 fully saturated rings. The molecular formula is C21H18N2OS. The van der Waals surface area contributed by atoms with Crippen molar-refractivity contribution in [3.63, 3.8) is 0 Å². The van der Waals surface area contributed by atoms with E-state index in [1.165, 1.54) is 5.56 Å². The number of thioether (sulfide) groups is 1. The van der Waals surface area contributed by atoms with Crippen molar-refractivity contribution >= 4 is 29.4 Å². The van der Waals surface area contributed by atoms with E-state index in [1.54, 1.807) is 30.2 Å². The number of para-hydroxylation sites is 1. The normalized spacial score (nSPS) is 10.7. The highest BCUT2D eigenvalue weighted by Crippen LogP contribution is 2.29. The fourth-order valence-corrected chi connectivity index (χ4v) is 3.21. The van der Waals surface area contributed by atoms with E-state index < -0.39 is 0 Å². The SMILES string of the molecule is O=C(/C=C/c1ccccc1)Nc1ccccc1SCc1ccncc1. The standard InChI is InChI=1S/C21H18N2OS/c24-21(11-10-17-6-2-1-3-7-17)23-19-8-4-5-9-20(19)25-16-18-12-14-22-15-13-18/h1-15H,16H2,(H,23,24)/b11-10+. The molecule has 3 nitrogen and oxygen atoms in total. The van der Waals surface area contributed by atoms with E-state index in [2.05, 4.69) is 10.3 Å². The number of hydrogen-bond donors (Lipinski definition) is 1. The summed E-state index contributed by atoms with van der Waals surface area (Å²) in [6.07, 6.45) is 6.94. The van der Waals surface area contributed by atoms with Gasteiger partial charge >= 0.3 is 0 Å². The van der Waals surface area contributed by atoms with Gasteiger partial charge < -0.3 is 5.32 Å². The number of hydrogen-bond acceptors (Lipinski definition) is 3. The first kappa shape index (κ1) is 17.0. The predicted octanol–water partition coefficient (Wildman–Crippen LogP) is 5.03. The minimum atomic E-state index is -0.138. The molecule has 0 radical (unpaired) electrons. The average Bonchev–Trinajstić information content (AvgIpc) is 2.67. The first-order valence-corrected chi connectivity index (χ1v) is 8.95. The highest BCUT2D eigenvalue weighted by molar-refractivity contribution is 7.98. The van der Waals surface area contributed by atoms with Crippen LogP contribution in [0.25, 0.3) is 6.08 Å². The molecule has 0 aliphatic heterocycles. The minimum absolute atomic E-state index is 0.138. The molecule has 0 saturated carbocycles. The molecule has 0 saturated heterocycles. The van der Waals surface area contributed by atoms with Crippen LogP contribution in [0.3, 0.4) is 0 Å². The summed E-state index contributed by atoms with van der Waals surface area (Å²) in [5, 5.41) is 2.96. The Morgan fingerprint density at radius 1 is 0.960 bits per heavy atom. The van der Waals surface area contributed by atoms with Crippen molar-refractivity contribution in [2.75, 3.05) is 5.32 Å². The molecule has 1 N–H and O–H groups in total. The van der Waals surface area contributed by atoms with Crippen LogP contribution in [0.15, 0.2) is 90.1 Å². The highest BCUT2D eigenvalue weighted by Gasteiger charge is 2.05. The topological polar surface area (TPSA) is 42.0 Å². The molecule has 3 rings (SSSR count). The molecule has 1 amide bonds. The van der Waals surface area contributed by atoms with Crippen LogP contribution >= 0.6 is 11.8 Å². The number of nitrogens with one attached hydrogen (secondary N) is 1. The van der Waals surface area contributed by atoms with E-state index >= 15 is 0 Å². The third kappa shape index (κ3) is 5.33. The van der Waals surface area contributed by atoms with Gasteiger partial charge in [0.15, 0.2) is 0 Å². The van der Waals surface area contributed by atoms with E-state index in [4.69, 9.17) is 0 Å². The third-order valence-electron chi connectivity index (χ3n) is 3.52. The largest absolute Gasteiger partial charge is 0.321 e. The summed E-state index contributed by atoms with van der Waals surface area (Å²) in [4.78, 5) is 17.3. The monoisotopic (exact) mass is 346 g/mol. The fourth-order valence-electron chi connectivity index (χ4n) is 2.25. The van der Waals surface area contributed by atoms with Gasteiger partial charge in [0.1, 0.15) is 0 Å². The van der Waals surface area contributed by atoms with Gasteiger partial charge in [-0.05, 0) is 41.5 Å². The summed E-state index contributed by atoms with van der Waals surface area (Å²) in [5.41, 5.74) is 3.02. The van der Waals surface area contributed by atoms with Crippen molar-refractivity contribution in [2.45, 2.75) is 10.6 Å². The lowest BCUT2D eigenvalue weighted by atomic mass is 10.2. The zero-order chi connectivity index (χ0) is 17.3. The van der Waals surface area contributed by atoms with Crippen LogP contribution in [0.2, 0.25) is 0 Å². The molecule has 1 heterocycles. The number of aromatic nitrogens is 1. The van der Waals surface area contributed by atoms with Gasteiger partial charge in [-0.2, -0.15) is 0 Å². The molecule has 3 aromatic rings. The van der Waals surface area contributed by atoms with Gasteiger partial charge in [-0.3, -0.25) is 9.78 Å². The highest BCUT2D eigenvalue weighted by atomic mass is 32.2. The summed E-state index contributed by atoms with van der Waals surface area (Å²) >= 11 is 1.69. The van der Waals surface area contributed by atoms with Crippen LogP contribution in [0.5, 0.6) is 0 Å². The molecule has 25 heavy (non-hydrogen) atoms. The molecule has 0 bridgehead atoms. The number of anilines is 1.